The van der Waals surface area contributed by atoms with Gasteiger partial charge in [-0.15, -0.1) is 0 Å². The Balaban J connectivity index is 1.92. The quantitative estimate of drug-likeness (QED) is 0.254. The molecule has 0 unspecified atom stereocenters. The third-order valence-corrected chi connectivity index (χ3v) is 4.95. The maximum Gasteiger partial charge on any atom is 0.229 e. The average molecular weight is 448 g/mol. The van der Waals surface area contributed by atoms with E-state index in [1.54, 1.807) is 12.1 Å². The molecule has 0 radical (unpaired) electrons. The molecule has 1 heterocycles. The largest absolute Gasteiger partial charge is 0.508 e. The van der Waals surface area contributed by atoms with E-state index in [4.69, 9.17) is 14.2 Å². The van der Waals surface area contributed by atoms with Crippen molar-refractivity contribution in [2.45, 2.75) is 30.7 Å². The first kappa shape index (κ1) is 23.5. The number of rotatable bonds is 7. The minimum atomic E-state index is -1.71. The summed E-state index contributed by atoms with van der Waals surface area (Å²) < 4.78 is 16.0. The van der Waals surface area contributed by atoms with Crippen LogP contribution in [0.15, 0.2) is 42.5 Å². The molecule has 172 valence electrons. The van der Waals surface area contributed by atoms with Crippen LogP contribution in [0.1, 0.15) is 15.9 Å². The second-order valence-corrected chi connectivity index (χ2v) is 7.12. The molecule has 3 rings (SSSR count). The molecule has 1 fully saturated rings. The number of hydrogen-bond acceptors (Lipinski definition) is 10. The van der Waals surface area contributed by atoms with Crippen LogP contribution < -0.4 is 9.47 Å². The number of phenols is 2. The fourth-order valence-corrected chi connectivity index (χ4v) is 3.17. The molecule has 0 aromatic heterocycles. The second-order valence-electron chi connectivity index (χ2n) is 7.12. The van der Waals surface area contributed by atoms with Crippen molar-refractivity contribution in [2.24, 2.45) is 0 Å². The molecular weight excluding hydrogens is 424 g/mol. The molecule has 0 saturated carbocycles. The number of methoxy groups -OCH3 is 1. The number of phenolic OH excluding ortho intramolecular Hbond substituents is 2. The minimum absolute atomic E-state index is 0.0662. The molecule has 10 heteroatoms. The van der Waals surface area contributed by atoms with E-state index in [0.29, 0.717) is 5.56 Å². The Morgan fingerprint density at radius 1 is 1.06 bits per heavy atom. The van der Waals surface area contributed by atoms with E-state index in [0.717, 1.165) is 0 Å². The van der Waals surface area contributed by atoms with Crippen LogP contribution in [0.2, 0.25) is 0 Å². The molecule has 1 saturated heterocycles. The van der Waals surface area contributed by atoms with Crippen LogP contribution in [0, 0.1) is 0 Å². The molecule has 32 heavy (non-hydrogen) atoms. The summed E-state index contributed by atoms with van der Waals surface area (Å²) in [5.74, 6) is -1.13. The highest BCUT2D eigenvalue weighted by molar-refractivity contribution is 6.10. The van der Waals surface area contributed by atoms with Crippen LogP contribution in [-0.2, 0) is 4.74 Å². The first-order chi connectivity index (χ1) is 15.2. The third-order valence-electron chi connectivity index (χ3n) is 4.95. The highest BCUT2D eigenvalue weighted by atomic mass is 16.7. The van der Waals surface area contributed by atoms with Gasteiger partial charge in [0.15, 0.2) is 5.78 Å². The zero-order valence-electron chi connectivity index (χ0n) is 17.0. The standard InChI is InChI=1S/C22H24O10/c1-30-13-8-15(26)18(14(25)7-4-11-2-5-12(24)6-3-11)16(9-13)31-22-21(29)20(28)19(27)17(10-23)32-22/h2-9,17,19-24,26-29H,10H2,1H3/t17-,19-,20+,21-,22-/m1/s1. The highest BCUT2D eigenvalue weighted by Gasteiger charge is 2.45. The Kier molecular flexibility index (Phi) is 7.33. The Hall–Kier alpha value is -3.15. The van der Waals surface area contributed by atoms with Crippen molar-refractivity contribution in [3.8, 4) is 23.0 Å². The molecule has 6 N–H and O–H groups in total. The van der Waals surface area contributed by atoms with Gasteiger partial charge < -0.3 is 44.8 Å². The Labute approximate surface area is 183 Å². The molecule has 0 bridgehead atoms. The monoisotopic (exact) mass is 448 g/mol. The molecule has 0 aliphatic carbocycles. The first-order valence-electron chi connectivity index (χ1n) is 9.64. The van der Waals surface area contributed by atoms with Gasteiger partial charge >= 0.3 is 0 Å². The third kappa shape index (κ3) is 5.01. The number of ether oxygens (including phenoxy) is 3. The number of aromatic hydroxyl groups is 2. The number of carbonyl (C=O) groups excluding carboxylic acids is 1. The summed E-state index contributed by atoms with van der Waals surface area (Å²) >= 11 is 0. The van der Waals surface area contributed by atoms with Gasteiger partial charge in [-0.05, 0) is 23.8 Å². The van der Waals surface area contributed by atoms with Crippen molar-refractivity contribution in [3.05, 3.63) is 53.6 Å². The predicted octanol–water partition coefficient (Wildman–Crippen LogP) is 0.181. The summed E-state index contributed by atoms with van der Waals surface area (Å²) in [7, 11) is 1.33. The minimum Gasteiger partial charge on any atom is -0.508 e. The van der Waals surface area contributed by atoms with E-state index in [1.165, 1.54) is 43.5 Å². The Morgan fingerprint density at radius 3 is 2.38 bits per heavy atom. The van der Waals surface area contributed by atoms with E-state index < -0.39 is 48.8 Å². The van der Waals surface area contributed by atoms with Gasteiger partial charge in [0.1, 0.15) is 53.0 Å². The zero-order chi connectivity index (χ0) is 23.4. The Bertz CT molecular complexity index is 969. The second kappa shape index (κ2) is 9.98. The van der Waals surface area contributed by atoms with E-state index in [-0.39, 0.29) is 22.8 Å². The van der Waals surface area contributed by atoms with Gasteiger partial charge in [-0.2, -0.15) is 0 Å². The SMILES string of the molecule is COc1cc(O)c(C(=O)C=Cc2ccc(O)cc2)c(O[C@@H]2O[C@H](CO)[C@@H](O)[C@H](O)[C@H]2O)c1. The molecule has 5 atom stereocenters. The van der Waals surface area contributed by atoms with Crippen molar-refractivity contribution in [1.82, 2.24) is 0 Å². The molecule has 1 aliphatic rings. The molecule has 0 spiro atoms. The van der Waals surface area contributed by atoms with E-state index in [1.807, 2.05) is 0 Å². The van der Waals surface area contributed by atoms with Crippen molar-refractivity contribution in [3.63, 3.8) is 0 Å². The van der Waals surface area contributed by atoms with Crippen LogP contribution in [-0.4, -0.2) is 80.8 Å². The fourth-order valence-electron chi connectivity index (χ4n) is 3.17. The van der Waals surface area contributed by atoms with Crippen LogP contribution in [0.4, 0.5) is 0 Å². The fraction of sp³-hybridized carbons (Fsp3) is 0.318. The molecular formula is C22H24O10. The lowest BCUT2D eigenvalue weighted by molar-refractivity contribution is -0.277. The Morgan fingerprint density at radius 2 is 1.75 bits per heavy atom. The number of allylic oxidation sites excluding steroid dienone is 1. The van der Waals surface area contributed by atoms with Gasteiger partial charge in [-0.1, -0.05) is 18.2 Å². The van der Waals surface area contributed by atoms with Gasteiger partial charge in [-0.3, -0.25) is 4.79 Å². The van der Waals surface area contributed by atoms with E-state index in [9.17, 15) is 35.4 Å². The van der Waals surface area contributed by atoms with Crippen LogP contribution in [0.3, 0.4) is 0 Å². The molecule has 0 amide bonds. The smallest absolute Gasteiger partial charge is 0.229 e. The molecule has 2 aromatic carbocycles. The number of carbonyl (C=O) groups is 1. The van der Waals surface area contributed by atoms with Gasteiger partial charge in [0.2, 0.25) is 6.29 Å². The van der Waals surface area contributed by atoms with Gasteiger partial charge in [-0.25, -0.2) is 0 Å². The highest BCUT2D eigenvalue weighted by Crippen LogP contribution is 2.36. The van der Waals surface area contributed by atoms with Crippen LogP contribution >= 0.6 is 0 Å². The number of ketones is 1. The van der Waals surface area contributed by atoms with Crippen molar-refractivity contribution >= 4 is 11.9 Å². The van der Waals surface area contributed by atoms with Gasteiger partial charge in [0.25, 0.3) is 0 Å². The summed E-state index contributed by atoms with van der Waals surface area (Å²) in [5.41, 5.74) is 0.346. The van der Waals surface area contributed by atoms with Crippen LogP contribution in [0.5, 0.6) is 23.0 Å². The van der Waals surface area contributed by atoms with Gasteiger partial charge in [0, 0.05) is 12.1 Å². The normalized spacial score (nSPS) is 25.6. The summed E-state index contributed by atoms with van der Waals surface area (Å²) in [5, 5.41) is 59.2. The van der Waals surface area contributed by atoms with E-state index >= 15 is 0 Å². The molecule has 1 aliphatic heterocycles. The number of aliphatic hydroxyl groups excluding tert-OH is 4. The summed E-state index contributed by atoms with van der Waals surface area (Å²) in [6.45, 7) is -0.657. The van der Waals surface area contributed by atoms with E-state index in [2.05, 4.69) is 0 Å². The van der Waals surface area contributed by atoms with Crippen molar-refractivity contribution in [2.75, 3.05) is 13.7 Å². The maximum absolute atomic E-state index is 12.8. The number of aliphatic hydroxyl groups is 4. The summed E-state index contributed by atoms with van der Waals surface area (Å²) in [6.07, 6.45) is -5.12. The molecule has 2 aromatic rings. The topological polar surface area (TPSA) is 166 Å². The first-order valence-corrected chi connectivity index (χ1v) is 9.64. The predicted molar refractivity (Wildman–Crippen MR) is 111 cm³/mol. The van der Waals surface area contributed by atoms with Crippen molar-refractivity contribution < 1.29 is 49.6 Å². The maximum atomic E-state index is 12.8. The molecule has 10 nitrogen and oxygen atoms in total. The van der Waals surface area contributed by atoms with Crippen molar-refractivity contribution in [1.29, 1.82) is 0 Å². The number of hydrogen-bond donors (Lipinski definition) is 6. The van der Waals surface area contributed by atoms with Crippen LogP contribution in [0.25, 0.3) is 6.08 Å². The van der Waals surface area contributed by atoms with Gasteiger partial charge in [0.05, 0.1) is 13.7 Å². The lowest BCUT2D eigenvalue weighted by Crippen LogP contribution is -2.60. The summed E-state index contributed by atoms with van der Waals surface area (Å²) in [6, 6.07) is 8.53. The lowest BCUT2D eigenvalue weighted by Gasteiger charge is -2.39. The number of benzene rings is 2. The zero-order valence-corrected chi connectivity index (χ0v) is 17.0. The average Bonchev–Trinajstić information content (AvgIpc) is 2.78. The lowest BCUT2D eigenvalue weighted by atomic mass is 9.99. The summed E-state index contributed by atoms with van der Waals surface area (Å²) in [4.78, 5) is 12.8.